The number of ether oxygens (including phenoxy) is 2. The second kappa shape index (κ2) is 10.0. The Labute approximate surface area is 200 Å². The van der Waals surface area contributed by atoms with Crippen LogP contribution in [-0.4, -0.2) is 15.7 Å². The summed E-state index contributed by atoms with van der Waals surface area (Å²) >= 11 is 12.0. The predicted molar refractivity (Wildman–Crippen MR) is 126 cm³/mol. The number of carbonyl (C=O) groups excluding carboxylic acids is 1. The largest absolute Gasteiger partial charge is 0.484 e. The summed E-state index contributed by atoms with van der Waals surface area (Å²) in [6.07, 6.45) is 3.22. The van der Waals surface area contributed by atoms with Gasteiger partial charge in [-0.1, -0.05) is 40.9 Å². The van der Waals surface area contributed by atoms with Gasteiger partial charge in [0, 0.05) is 5.02 Å². The summed E-state index contributed by atoms with van der Waals surface area (Å²) in [6, 6.07) is 14.1. The Hall–Kier alpha value is -3.42. The summed E-state index contributed by atoms with van der Waals surface area (Å²) in [7, 11) is 0. The lowest BCUT2D eigenvalue weighted by atomic mass is 10.1. The number of nitrogens with one attached hydrogen (secondary N) is 1. The fraction of sp³-hybridized carbons (Fsp3) is 0.167. The molecule has 2 heterocycles. The Balaban J connectivity index is 1.30. The van der Waals surface area contributed by atoms with Crippen molar-refractivity contribution in [2.45, 2.75) is 27.2 Å². The Bertz CT molecular complexity index is 1280. The molecule has 0 aliphatic carbocycles. The fourth-order valence-corrected chi connectivity index (χ4v) is 3.57. The van der Waals surface area contributed by atoms with Crippen LogP contribution < -0.4 is 14.8 Å². The number of benzene rings is 2. The molecule has 4 rings (SSSR count). The molecular formula is C24H21Cl2N3O4. The van der Waals surface area contributed by atoms with E-state index in [1.807, 2.05) is 26.0 Å². The van der Waals surface area contributed by atoms with E-state index in [1.54, 1.807) is 47.4 Å². The Morgan fingerprint density at radius 2 is 1.88 bits per heavy atom. The second-order valence-corrected chi connectivity index (χ2v) is 8.24. The number of hydrogen-bond donors (Lipinski definition) is 1. The minimum absolute atomic E-state index is 0.113. The molecule has 1 amide bonds. The number of carbonyl (C=O) groups is 1. The van der Waals surface area contributed by atoms with Crippen LogP contribution >= 0.6 is 23.2 Å². The van der Waals surface area contributed by atoms with Crippen molar-refractivity contribution in [2.24, 2.45) is 0 Å². The number of aromatic nitrogens is 2. The molecule has 2 aromatic heterocycles. The van der Waals surface area contributed by atoms with Gasteiger partial charge in [-0.2, -0.15) is 5.10 Å². The lowest BCUT2D eigenvalue weighted by Crippen LogP contribution is -2.10. The van der Waals surface area contributed by atoms with Crippen LogP contribution in [-0.2, 0) is 13.3 Å². The van der Waals surface area contributed by atoms with Gasteiger partial charge in [0.1, 0.15) is 23.9 Å². The third-order valence-electron chi connectivity index (χ3n) is 4.72. The lowest BCUT2D eigenvalue weighted by molar-refractivity contribution is 0.0992. The van der Waals surface area contributed by atoms with Crippen LogP contribution in [0, 0.1) is 13.8 Å². The van der Waals surface area contributed by atoms with Crippen molar-refractivity contribution in [1.29, 1.82) is 0 Å². The molecule has 1 N–H and O–H groups in total. The van der Waals surface area contributed by atoms with Gasteiger partial charge in [0.15, 0.2) is 12.5 Å². The van der Waals surface area contributed by atoms with E-state index in [0.29, 0.717) is 27.2 Å². The highest BCUT2D eigenvalue weighted by Gasteiger charge is 2.14. The molecule has 4 aromatic rings. The minimum atomic E-state index is -0.402. The summed E-state index contributed by atoms with van der Waals surface area (Å²) in [4.78, 5) is 12.5. The molecule has 0 aliphatic rings. The average Bonchev–Trinajstić information content (AvgIpc) is 3.42. The summed E-state index contributed by atoms with van der Waals surface area (Å²) in [5, 5.41) is 7.87. The Kier molecular flexibility index (Phi) is 6.91. The van der Waals surface area contributed by atoms with Gasteiger partial charge in [-0.05, 0) is 55.8 Å². The first kappa shape index (κ1) is 22.8. The molecule has 0 unspecified atom stereocenters. The molecule has 0 saturated heterocycles. The normalized spacial score (nSPS) is 10.8. The van der Waals surface area contributed by atoms with E-state index < -0.39 is 5.91 Å². The first-order chi connectivity index (χ1) is 15.9. The molecule has 170 valence electrons. The maximum absolute atomic E-state index is 12.5. The molecular weight excluding hydrogens is 465 g/mol. The highest BCUT2D eigenvalue weighted by atomic mass is 35.5. The third-order valence-corrected chi connectivity index (χ3v) is 5.25. The number of aryl methyl sites for hydroxylation is 2. The van der Waals surface area contributed by atoms with E-state index in [2.05, 4.69) is 16.5 Å². The quantitative estimate of drug-likeness (QED) is 0.318. The number of hydrogen-bond acceptors (Lipinski definition) is 5. The summed E-state index contributed by atoms with van der Waals surface area (Å²) in [5.74, 6) is 1.48. The van der Waals surface area contributed by atoms with Crippen LogP contribution in [0.3, 0.4) is 0 Å². The van der Waals surface area contributed by atoms with Gasteiger partial charge in [-0.15, -0.1) is 0 Å². The van der Waals surface area contributed by atoms with Crippen molar-refractivity contribution < 1.29 is 18.7 Å². The summed E-state index contributed by atoms with van der Waals surface area (Å²) < 4.78 is 18.6. The van der Waals surface area contributed by atoms with Gasteiger partial charge in [0.2, 0.25) is 0 Å². The topological polar surface area (TPSA) is 78.5 Å². The number of rotatable bonds is 8. The number of nitrogens with zero attached hydrogens (tertiary/aromatic N) is 2. The SMILES string of the molecule is Cc1ccc(OCn2cc(NC(=O)c3ccc(COc4ccc(Cl)cc4Cl)o3)cn2)c(C)c1. The first-order valence-corrected chi connectivity index (χ1v) is 10.8. The van der Waals surface area contributed by atoms with Gasteiger partial charge in [0.25, 0.3) is 5.91 Å². The van der Waals surface area contributed by atoms with Crippen molar-refractivity contribution in [2.75, 3.05) is 5.32 Å². The van der Waals surface area contributed by atoms with Gasteiger partial charge < -0.3 is 19.2 Å². The molecule has 9 heteroatoms. The number of anilines is 1. The third kappa shape index (κ3) is 5.88. The number of halogens is 2. The maximum atomic E-state index is 12.5. The van der Waals surface area contributed by atoms with Gasteiger partial charge in [0.05, 0.1) is 23.1 Å². The van der Waals surface area contributed by atoms with Crippen molar-refractivity contribution in [3.8, 4) is 11.5 Å². The summed E-state index contributed by atoms with van der Waals surface area (Å²) in [6.45, 7) is 4.35. The molecule has 0 spiro atoms. The average molecular weight is 486 g/mol. The minimum Gasteiger partial charge on any atom is -0.484 e. The molecule has 0 radical (unpaired) electrons. The highest BCUT2D eigenvalue weighted by molar-refractivity contribution is 6.35. The second-order valence-electron chi connectivity index (χ2n) is 7.39. The molecule has 0 bridgehead atoms. The zero-order chi connectivity index (χ0) is 23.4. The zero-order valence-corrected chi connectivity index (χ0v) is 19.5. The number of furan rings is 1. The van der Waals surface area contributed by atoms with Crippen molar-refractivity contribution in [3.63, 3.8) is 0 Å². The molecule has 0 atom stereocenters. The molecule has 2 aromatic carbocycles. The van der Waals surface area contributed by atoms with Gasteiger partial charge in [-0.3, -0.25) is 4.79 Å². The predicted octanol–water partition coefficient (Wildman–Crippen LogP) is 6.27. The number of amides is 1. The molecule has 33 heavy (non-hydrogen) atoms. The Morgan fingerprint density at radius 3 is 2.67 bits per heavy atom. The molecule has 0 saturated carbocycles. The standard InChI is InChI=1S/C24H21Cl2N3O4/c1-15-3-6-21(16(2)9-15)32-14-29-12-18(11-27-29)28-24(30)23-8-5-19(33-23)13-31-22-7-4-17(25)10-20(22)26/h3-12H,13-14H2,1-2H3,(H,28,30). The van der Waals surface area contributed by atoms with Crippen LogP contribution in [0.5, 0.6) is 11.5 Å². The van der Waals surface area contributed by atoms with Crippen LogP contribution in [0.1, 0.15) is 27.4 Å². The first-order valence-electron chi connectivity index (χ1n) is 10.1. The fourth-order valence-electron chi connectivity index (χ4n) is 3.11. The van der Waals surface area contributed by atoms with E-state index >= 15 is 0 Å². The van der Waals surface area contributed by atoms with Gasteiger partial charge >= 0.3 is 0 Å². The molecule has 0 aliphatic heterocycles. The Morgan fingerprint density at radius 1 is 1.06 bits per heavy atom. The van der Waals surface area contributed by atoms with Crippen LogP contribution in [0.15, 0.2) is 65.3 Å². The smallest absolute Gasteiger partial charge is 0.291 e. The van der Waals surface area contributed by atoms with E-state index in [9.17, 15) is 4.79 Å². The summed E-state index contributed by atoms with van der Waals surface area (Å²) in [5.41, 5.74) is 2.74. The van der Waals surface area contributed by atoms with E-state index in [4.69, 9.17) is 37.1 Å². The highest BCUT2D eigenvalue weighted by Crippen LogP contribution is 2.28. The van der Waals surface area contributed by atoms with Crippen LogP contribution in [0.2, 0.25) is 10.0 Å². The molecule has 7 nitrogen and oxygen atoms in total. The van der Waals surface area contributed by atoms with Crippen LogP contribution in [0.25, 0.3) is 0 Å². The lowest BCUT2D eigenvalue weighted by Gasteiger charge is -2.09. The van der Waals surface area contributed by atoms with E-state index in [1.165, 1.54) is 5.56 Å². The zero-order valence-electron chi connectivity index (χ0n) is 18.0. The van der Waals surface area contributed by atoms with Crippen molar-refractivity contribution in [1.82, 2.24) is 9.78 Å². The van der Waals surface area contributed by atoms with Crippen molar-refractivity contribution in [3.05, 3.63) is 93.6 Å². The maximum Gasteiger partial charge on any atom is 0.291 e. The van der Waals surface area contributed by atoms with E-state index in [0.717, 1.165) is 11.3 Å². The molecule has 0 fully saturated rings. The van der Waals surface area contributed by atoms with Crippen molar-refractivity contribution >= 4 is 34.8 Å². The van der Waals surface area contributed by atoms with Gasteiger partial charge in [-0.25, -0.2) is 4.68 Å². The van der Waals surface area contributed by atoms with E-state index in [-0.39, 0.29) is 19.1 Å². The monoisotopic (exact) mass is 485 g/mol. The van der Waals surface area contributed by atoms with Crippen LogP contribution in [0.4, 0.5) is 5.69 Å².